The highest BCUT2D eigenvalue weighted by Gasteiger charge is 2.24. The first-order chi connectivity index (χ1) is 14.1. The predicted molar refractivity (Wildman–Crippen MR) is 109 cm³/mol. The number of carbonyl (C=O) groups excluding carboxylic acids is 3. The van der Waals surface area contributed by atoms with Gasteiger partial charge in [0.25, 0.3) is 5.91 Å². The summed E-state index contributed by atoms with van der Waals surface area (Å²) in [5, 5.41) is 5.57. The summed E-state index contributed by atoms with van der Waals surface area (Å²) in [5.41, 5.74) is 2.08. The zero-order valence-corrected chi connectivity index (χ0v) is 16.1. The van der Waals surface area contributed by atoms with Gasteiger partial charge in [0.05, 0.1) is 0 Å². The van der Waals surface area contributed by atoms with Gasteiger partial charge < -0.3 is 15.5 Å². The number of nitrogens with one attached hydrogen (secondary N) is 2. The van der Waals surface area contributed by atoms with E-state index in [0.29, 0.717) is 24.2 Å². The Bertz CT molecular complexity index is 845. The van der Waals surface area contributed by atoms with Crippen molar-refractivity contribution in [2.75, 3.05) is 31.1 Å². The van der Waals surface area contributed by atoms with Crippen molar-refractivity contribution < 1.29 is 18.8 Å². The highest BCUT2D eigenvalue weighted by molar-refractivity contribution is 5.94. The average molecular weight is 397 g/mol. The highest BCUT2D eigenvalue weighted by Crippen LogP contribution is 2.23. The molecule has 0 unspecified atom stereocenters. The lowest BCUT2D eigenvalue weighted by atomic mass is 9.95. The summed E-state index contributed by atoms with van der Waals surface area (Å²) in [7, 11) is 0. The maximum atomic E-state index is 12.9. The van der Waals surface area contributed by atoms with Gasteiger partial charge in [0.15, 0.2) is 0 Å². The minimum atomic E-state index is -0.391. The molecule has 0 saturated carbocycles. The summed E-state index contributed by atoms with van der Waals surface area (Å²) in [5.74, 6) is -0.740. The fourth-order valence-corrected chi connectivity index (χ4v) is 3.37. The van der Waals surface area contributed by atoms with E-state index < -0.39 is 5.82 Å². The lowest BCUT2D eigenvalue weighted by molar-refractivity contribution is -0.125. The molecule has 1 fully saturated rings. The number of anilines is 1. The molecule has 152 valence electrons. The van der Waals surface area contributed by atoms with Crippen LogP contribution in [0.3, 0.4) is 0 Å². The van der Waals surface area contributed by atoms with Gasteiger partial charge in [0, 0.05) is 48.9 Å². The third-order valence-electron chi connectivity index (χ3n) is 5.08. The van der Waals surface area contributed by atoms with Crippen molar-refractivity contribution >= 4 is 23.8 Å². The number of carbonyl (C=O) groups is 3. The Morgan fingerprint density at radius 3 is 2.21 bits per heavy atom. The third-order valence-corrected chi connectivity index (χ3v) is 5.08. The van der Waals surface area contributed by atoms with Gasteiger partial charge in [-0.15, -0.1) is 0 Å². The van der Waals surface area contributed by atoms with Gasteiger partial charge in [0.1, 0.15) is 12.1 Å². The van der Waals surface area contributed by atoms with Crippen LogP contribution in [0, 0.1) is 11.7 Å². The Morgan fingerprint density at radius 1 is 0.966 bits per heavy atom. The minimum absolute atomic E-state index is 0.00279. The fourth-order valence-electron chi connectivity index (χ4n) is 3.37. The smallest absolute Gasteiger partial charge is 0.251 e. The number of hydrogen-bond acceptors (Lipinski definition) is 4. The van der Waals surface area contributed by atoms with Gasteiger partial charge in [-0.1, -0.05) is 0 Å². The molecule has 29 heavy (non-hydrogen) atoms. The zero-order chi connectivity index (χ0) is 20.6. The van der Waals surface area contributed by atoms with Crippen LogP contribution in [0.4, 0.5) is 10.1 Å². The SMILES string of the molecule is O=Cc1ccc(N2CCC(C(=O)NCCNC(=O)c3ccc(F)cc3)CC2)cc1. The molecule has 0 aliphatic carbocycles. The normalized spacial score (nSPS) is 14.3. The molecule has 2 amide bonds. The van der Waals surface area contributed by atoms with E-state index in [0.717, 1.165) is 37.9 Å². The van der Waals surface area contributed by atoms with Gasteiger partial charge in [-0.05, 0) is 61.4 Å². The van der Waals surface area contributed by atoms with Gasteiger partial charge in [0.2, 0.25) is 5.91 Å². The van der Waals surface area contributed by atoms with Crippen molar-refractivity contribution in [3.05, 3.63) is 65.5 Å². The molecular weight excluding hydrogens is 373 g/mol. The molecule has 0 spiro atoms. The molecule has 1 aliphatic heterocycles. The van der Waals surface area contributed by atoms with Crippen LogP contribution in [0.5, 0.6) is 0 Å². The van der Waals surface area contributed by atoms with Crippen LogP contribution in [0.1, 0.15) is 33.6 Å². The van der Waals surface area contributed by atoms with Crippen LogP contribution in [0.2, 0.25) is 0 Å². The van der Waals surface area contributed by atoms with Gasteiger partial charge in [-0.25, -0.2) is 4.39 Å². The molecule has 0 aromatic heterocycles. The summed E-state index contributed by atoms with van der Waals surface area (Å²) in [6, 6.07) is 12.7. The lowest BCUT2D eigenvalue weighted by Crippen LogP contribution is -2.42. The molecule has 2 N–H and O–H groups in total. The summed E-state index contributed by atoms with van der Waals surface area (Å²) in [6.07, 6.45) is 2.33. The van der Waals surface area contributed by atoms with E-state index in [-0.39, 0.29) is 17.7 Å². The Balaban J connectivity index is 1.36. The number of rotatable bonds is 7. The van der Waals surface area contributed by atoms with Crippen LogP contribution in [0.15, 0.2) is 48.5 Å². The number of benzene rings is 2. The number of aldehydes is 1. The molecule has 2 aromatic rings. The van der Waals surface area contributed by atoms with Crippen LogP contribution in [-0.4, -0.2) is 44.3 Å². The van der Waals surface area contributed by atoms with Crippen molar-refractivity contribution in [3.8, 4) is 0 Å². The Hall–Kier alpha value is -3.22. The van der Waals surface area contributed by atoms with Crippen molar-refractivity contribution in [2.24, 2.45) is 5.92 Å². The quantitative estimate of drug-likeness (QED) is 0.556. The van der Waals surface area contributed by atoms with E-state index in [4.69, 9.17) is 0 Å². The molecule has 1 heterocycles. The zero-order valence-electron chi connectivity index (χ0n) is 16.1. The van der Waals surface area contributed by atoms with Crippen molar-refractivity contribution in [1.82, 2.24) is 10.6 Å². The first-order valence-electron chi connectivity index (χ1n) is 9.68. The van der Waals surface area contributed by atoms with Gasteiger partial charge >= 0.3 is 0 Å². The van der Waals surface area contributed by atoms with Crippen LogP contribution in [0.25, 0.3) is 0 Å². The summed E-state index contributed by atoms with van der Waals surface area (Å²) in [6.45, 7) is 2.21. The molecule has 0 bridgehead atoms. The first kappa shape index (κ1) is 20.5. The van der Waals surface area contributed by atoms with Crippen LogP contribution in [-0.2, 0) is 4.79 Å². The van der Waals surface area contributed by atoms with E-state index in [2.05, 4.69) is 15.5 Å². The number of amides is 2. The van der Waals surface area contributed by atoms with Crippen molar-refractivity contribution in [1.29, 1.82) is 0 Å². The maximum absolute atomic E-state index is 12.9. The Morgan fingerprint density at radius 2 is 1.59 bits per heavy atom. The fraction of sp³-hybridized carbons (Fsp3) is 0.318. The molecule has 1 saturated heterocycles. The maximum Gasteiger partial charge on any atom is 0.251 e. The Kier molecular flexibility index (Phi) is 6.94. The molecule has 2 aromatic carbocycles. The van der Waals surface area contributed by atoms with Gasteiger partial charge in [-0.3, -0.25) is 14.4 Å². The van der Waals surface area contributed by atoms with Crippen molar-refractivity contribution in [2.45, 2.75) is 12.8 Å². The number of hydrogen-bond donors (Lipinski definition) is 2. The third kappa shape index (κ3) is 5.63. The molecule has 1 aliphatic rings. The number of halogens is 1. The summed E-state index contributed by atoms with van der Waals surface area (Å²) in [4.78, 5) is 37.3. The van der Waals surface area contributed by atoms with E-state index in [1.807, 2.05) is 12.1 Å². The Labute approximate surface area is 169 Å². The molecule has 6 nitrogen and oxygen atoms in total. The average Bonchev–Trinajstić information content (AvgIpc) is 2.77. The van der Waals surface area contributed by atoms with Crippen LogP contribution >= 0.6 is 0 Å². The number of nitrogens with zero attached hydrogens (tertiary/aromatic N) is 1. The van der Waals surface area contributed by atoms with E-state index in [9.17, 15) is 18.8 Å². The molecule has 7 heteroatoms. The first-order valence-corrected chi connectivity index (χ1v) is 9.68. The second-order valence-electron chi connectivity index (χ2n) is 7.02. The largest absolute Gasteiger partial charge is 0.371 e. The molecule has 0 atom stereocenters. The second kappa shape index (κ2) is 9.82. The minimum Gasteiger partial charge on any atom is -0.371 e. The summed E-state index contributed by atoms with van der Waals surface area (Å²) >= 11 is 0. The predicted octanol–water partition coefficient (Wildman–Crippen LogP) is 2.40. The van der Waals surface area contributed by atoms with Crippen LogP contribution < -0.4 is 15.5 Å². The van der Waals surface area contributed by atoms with E-state index >= 15 is 0 Å². The van der Waals surface area contributed by atoms with Crippen molar-refractivity contribution in [3.63, 3.8) is 0 Å². The lowest BCUT2D eigenvalue weighted by Gasteiger charge is -2.33. The van der Waals surface area contributed by atoms with Gasteiger partial charge in [-0.2, -0.15) is 0 Å². The van der Waals surface area contributed by atoms with E-state index in [1.165, 1.54) is 24.3 Å². The standard InChI is InChI=1S/C22H24FN3O3/c23-19-5-3-17(4-6-19)21(28)24-11-12-25-22(29)18-9-13-26(14-10-18)20-7-1-16(15-27)2-8-20/h1-8,15,18H,9-14H2,(H,24,28)(H,25,29). The van der Waals surface area contributed by atoms with E-state index in [1.54, 1.807) is 12.1 Å². The topological polar surface area (TPSA) is 78.5 Å². The molecular formula is C22H24FN3O3. The number of piperidine rings is 1. The summed E-state index contributed by atoms with van der Waals surface area (Å²) < 4.78 is 12.9. The second-order valence-corrected chi connectivity index (χ2v) is 7.02. The molecule has 0 radical (unpaired) electrons. The highest BCUT2D eigenvalue weighted by atomic mass is 19.1. The monoisotopic (exact) mass is 397 g/mol. The molecule has 3 rings (SSSR count).